The summed E-state index contributed by atoms with van der Waals surface area (Å²) in [6.45, 7) is 0.462. The van der Waals surface area contributed by atoms with Crippen LogP contribution in [0, 0.1) is 0 Å². The van der Waals surface area contributed by atoms with Crippen LogP contribution in [0.3, 0.4) is 0 Å². The van der Waals surface area contributed by atoms with Crippen LogP contribution >= 0.6 is 0 Å². The third kappa shape index (κ3) is 5.85. The van der Waals surface area contributed by atoms with Crippen LogP contribution in [-0.4, -0.2) is 28.4 Å². The monoisotopic (exact) mass is 536 g/mol. The first-order valence-corrected chi connectivity index (χ1v) is 13.6. The van der Waals surface area contributed by atoms with Crippen molar-refractivity contribution in [2.45, 2.75) is 13.1 Å². The van der Waals surface area contributed by atoms with Crippen molar-refractivity contribution in [3.8, 4) is 11.3 Å². The van der Waals surface area contributed by atoms with E-state index in [0.717, 1.165) is 27.5 Å². The summed E-state index contributed by atoms with van der Waals surface area (Å²) in [6.07, 6.45) is 0. The van der Waals surface area contributed by atoms with E-state index < -0.39 is 5.97 Å². The predicted molar refractivity (Wildman–Crippen MR) is 162 cm³/mol. The van der Waals surface area contributed by atoms with E-state index in [1.807, 2.05) is 115 Å². The lowest BCUT2D eigenvalue weighted by atomic mass is 9.99. The highest BCUT2D eigenvalue weighted by Crippen LogP contribution is 2.30. The molecular formula is C36H28N2O3. The van der Waals surface area contributed by atoms with Gasteiger partial charge >= 0.3 is 5.97 Å². The molecule has 0 aliphatic rings. The standard InChI is InChI=1S/C36H28N2O3/c39-35(38(23-26-12-3-1-4-13-26)24-27-14-5-2-6-15-27)25-41-36(40)32-22-34(37-33-21-10-9-19-31(32)33)30-20-11-17-28-16-7-8-18-29(28)30/h1-22H,23-25H2. The Morgan fingerprint density at radius 1 is 0.634 bits per heavy atom. The maximum atomic E-state index is 13.5. The third-order valence-corrected chi connectivity index (χ3v) is 7.11. The minimum absolute atomic E-state index is 0.265. The number of ether oxygens (including phenoxy) is 1. The molecule has 0 bridgehead atoms. The Balaban J connectivity index is 1.28. The lowest BCUT2D eigenvalue weighted by Crippen LogP contribution is -2.34. The van der Waals surface area contributed by atoms with Gasteiger partial charge in [0, 0.05) is 24.0 Å². The molecule has 6 rings (SSSR count). The van der Waals surface area contributed by atoms with Crippen molar-refractivity contribution in [2.24, 2.45) is 0 Å². The van der Waals surface area contributed by atoms with Crippen LogP contribution in [0.15, 0.2) is 133 Å². The molecule has 0 saturated carbocycles. The quantitative estimate of drug-likeness (QED) is 0.190. The molecule has 1 amide bonds. The molecule has 1 heterocycles. The summed E-state index contributed by atoms with van der Waals surface area (Å²) in [6, 6.07) is 43.0. The van der Waals surface area contributed by atoms with Crippen LogP contribution < -0.4 is 0 Å². The smallest absolute Gasteiger partial charge is 0.339 e. The Kier molecular flexibility index (Phi) is 7.50. The molecule has 0 spiro atoms. The Hall–Kier alpha value is -5.29. The highest BCUT2D eigenvalue weighted by Gasteiger charge is 2.20. The fourth-order valence-electron chi connectivity index (χ4n) is 5.07. The van der Waals surface area contributed by atoms with Crippen molar-refractivity contribution < 1.29 is 14.3 Å². The van der Waals surface area contributed by atoms with Gasteiger partial charge in [0.05, 0.1) is 16.8 Å². The van der Waals surface area contributed by atoms with Gasteiger partial charge in [-0.25, -0.2) is 9.78 Å². The lowest BCUT2D eigenvalue weighted by Gasteiger charge is -2.23. The van der Waals surface area contributed by atoms with Gasteiger partial charge in [-0.3, -0.25) is 4.79 Å². The summed E-state index contributed by atoms with van der Waals surface area (Å²) >= 11 is 0. The van der Waals surface area contributed by atoms with Crippen molar-refractivity contribution in [1.82, 2.24) is 9.88 Å². The number of hydrogen-bond acceptors (Lipinski definition) is 4. The first-order chi connectivity index (χ1) is 20.2. The Bertz CT molecular complexity index is 1790. The van der Waals surface area contributed by atoms with Gasteiger partial charge in [-0.05, 0) is 34.0 Å². The number of benzene rings is 5. The molecule has 0 fully saturated rings. The van der Waals surface area contributed by atoms with E-state index in [1.54, 1.807) is 11.0 Å². The van der Waals surface area contributed by atoms with Gasteiger partial charge in [0.1, 0.15) is 0 Å². The molecule has 0 aliphatic carbocycles. The fourth-order valence-corrected chi connectivity index (χ4v) is 5.07. The summed E-state index contributed by atoms with van der Waals surface area (Å²) in [7, 11) is 0. The molecule has 5 nitrogen and oxygen atoms in total. The predicted octanol–water partition coefficient (Wildman–Crippen LogP) is 7.44. The second kappa shape index (κ2) is 11.8. The molecule has 0 N–H and O–H groups in total. The Morgan fingerprint density at radius 2 is 1.22 bits per heavy atom. The molecule has 1 aromatic heterocycles. The van der Waals surface area contributed by atoms with E-state index in [2.05, 4.69) is 12.1 Å². The molecule has 0 radical (unpaired) electrons. The van der Waals surface area contributed by atoms with Gasteiger partial charge in [-0.2, -0.15) is 0 Å². The molecule has 0 unspecified atom stereocenters. The average molecular weight is 537 g/mol. The number of aromatic nitrogens is 1. The minimum atomic E-state index is -0.558. The van der Waals surface area contributed by atoms with Crippen LogP contribution in [0.2, 0.25) is 0 Å². The number of fused-ring (bicyclic) bond motifs is 2. The minimum Gasteiger partial charge on any atom is -0.452 e. The number of amides is 1. The third-order valence-electron chi connectivity index (χ3n) is 7.11. The Morgan fingerprint density at radius 3 is 1.93 bits per heavy atom. The highest BCUT2D eigenvalue weighted by atomic mass is 16.5. The fraction of sp³-hybridized carbons (Fsp3) is 0.0833. The van der Waals surface area contributed by atoms with Gasteiger partial charge in [0.15, 0.2) is 6.61 Å². The largest absolute Gasteiger partial charge is 0.452 e. The van der Waals surface area contributed by atoms with Crippen molar-refractivity contribution in [3.05, 3.63) is 150 Å². The summed E-state index contributed by atoms with van der Waals surface area (Å²) < 4.78 is 5.67. The number of pyridine rings is 1. The van der Waals surface area contributed by atoms with Gasteiger partial charge < -0.3 is 9.64 Å². The van der Waals surface area contributed by atoms with Crippen LogP contribution in [0.5, 0.6) is 0 Å². The van der Waals surface area contributed by atoms with Gasteiger partial charge in [0.25, 0.3) is 5.91 Å². The molecule has 41 heavy (non-hydrogen) atoms. The Labute approximate surface area is 238 Å². The summed E-state index contributed by atoms with van der Waals surface area (Å²) in [4.78, 5) is 33.5. The van der Waals surface area contributed by atoms with Crippen molar-refractivity contribution in [3.63, 3.8) is 0 Å². The molecule has 0 atom stereocenters. The number of carbonyl (C=O) groups is 2. The van der Waals surface area contributed by atoms with Crippen LogP contribution in [0.4, 0.5) is 0 Å². The molecule has 200 valence electrons. The summed E-state index contributed by atoms with van der Waals surface area (Å²) in [5.74, 6) is -0.823. The first-order valence-electron chi connectivity index (χ1n) is 13.6. The van der Waals surface area contributed by atoms with E-state index >= 15 is 0 Å². The van der Waals surface area contributed by atoms with Crippen molar-refractivity contribution >= 4 is 33.6 Å². The second-order valence-corrected chi connectivity index (χ2v) is 9.90. The normalized spacial score (nSPS) is 10.9. The average Bonchev–Trinajstić information content (AvgIpc) is 3.03. The van der Waals surface area contributed by atoms with Gasteiger partial charge in [-0.1, -0.05) is 121 Å². The number of hydrogen-bond donors (Lipinski definition) is 0. The maximum Gasteiger partial charge on any atom is 0.339 e. The van der Waals surface area contributed by atoms with E-state index in [1.165, 1.54) is 0 Å². The lowest BCUT2D eigenvalue weighted by molar-refractivity contribution is -0.135. The van der Waals surface area contributed by atoms with Gasteiger partial charge in [0.2, 0.25) is 0 Å². The number of para-hydroxylation sites is 1. The molecule has 6 aromatic rings. The maximum absolute atomic E-state index is 13.5. The van der Waals surface area contributed by atoms with Crippen LogP contribution in [0.25, 0.3) is 32.9 Å². The van der Waals surface area contributed by atoms with Crippen molar-refractivity contribution in [1.29, 1.82) is 0 Å². The van der Waals surface area contributed by atoms with Crippen molar-refractivity contribution in [2.75, 3.05) is 6.61 Å². The topological polar surface area (TPSA) is 59.5 Å². The summed E-state index contributed by atoms with van der Waals surface area (Å²) in [5, 5.41) is 2.82. The molecule has 0 aliphatic heterocycles. The summed E-state index contributed by atoms with van der Waals surface area (Å²) in [5.41, 5.74) is 4.67. The molecular weight excluding hydrogens is 508 g/mol. The highest BCUT2D eigenvalue weighted by molar-refractivity contribution is 6.06. The van der Waals surface area contributed by atoms with Gasteiger partial charge in [-0.15, -0.1) is 0 Å². The number of rotatable bonds is 8. The number of esters is 1. The second-order valence-electron chi connectivity index (χ2n) is 9.90. The van der Waals surface area contributed by atoms with Crippen LogP contribution in [-0.2, 0) is 22.6 Å². The zero-order chi connectivity index (χ0) is 28.0. The van der Waals surface area contributed by atoms with Crippen LogP contribution in [0.1, 0.15) is 21.5 Å². The molecule has 0 saturated heterocycles. The number of carbonyl (C=O) groups excluding carboxylic acids is 2. The molecule has 5 aromatic carbocycles. The van der Waals surface area contributed by atoms with E-state index in [9.17, 15) is 9.59 Å². The van der Waals surface area contributed by atoms with E-state index in [4.69, 9.17) is 9.72 Å². The first kappa shape index (κ1) is 26.0. The van der Waals surface area contributed by atoms with E-state index in [0.29, 0.717) is 35.2 Å². The zero-order valence-corrected chi connectivity index (χ0v) is 22.4. The SMILES string of the molecule is O=C(OCC(=O)N(Cc1ccccc1)Cc1ccccc1)c1cc(-c2cccc3ccccc23)nc2ccccc12. The zero-order valence-electron chi connectivity index (χ0n) is 22.4. The van der Waals surface area contributed by atoms with E-state index in [-0.39, 0.29) is 12.5 Å². The number of nitrogens with zero attached hydrogens (tertiary/aromatic N) is 2. The molecule has 5 heteroatoms.